The summed E-state index contributed by atoms with van der Waals surface area (Å²) in [6.07, 6.45) is 4.34. The van der Waals surface area contributed by atoms with Gasteiger partial charge in [0.15, 0.2) is 13.9 Å². The number of hydrogen-bond donors (Lipinski definition) is 3. The normalized spacial score (nSPS) is 26.5. The Morgan fingerprint density at radius 1 is 1.17 bits per heavy atom. The summed E-state index contributed by atoms with van der Waals surface area (Å²) in [7, 11) is -2.80. The second kappa shape index (κ2) is 11.0. The number of anilines is 2. The molecule has 3 aliphatic rings. The first kappa shape index (κ1) is 28.7. The van der Waals surface area contributed by atoms with Crippen LogP contribution in [0.2, 0.25) is 18.6 Å². The lowest BCUT2D eigenvalue weighted by atomic mass is 9.82. The Labute approximate surface area is 246 Å². The number of amides is 2. The molecule has 3 aromatic rings. The number of fused-ring (bicyclic) bond motifs is 2. The maximum Gasteiger partial charge on any atom is 0.261 e. The zero-order valence-corrected chi connectivity index (χ0v) is 25.4. The maximum absolute atomic E-state index is 13.7. The van der Waals surface area contributed by atoms with Crippen molar-refractivity contribution in [3.63, 3.8) is 0 Å². The number of aliphatic hydroxyl groups excluding tert-OH is 1. The van der Waals surface area contributed by atoms with E-state index in [0.717, 1.165) is 29.7 Å². The molecule has 10 nitrogen and oxygen atoms in total. The number of nitrogens with zero attached hydrogens (tertiary/aromatic N) is 4. The minimum absolute atomic E-state index is 0.0829. The first-order chi connectivity index (χ1) is 20.1. The lowest BCUT2D eigenvalue weighted by Crippen LogP contribution is -2.43. The minimum Gasteiger partial charge on any atom is -0.432 e. The van der Waals surface area contributed by atoms with Crippen LogP contribution in [0.25, 0.3) is 0 Å². The highest BCUT2D eigenvalue weighted by atomic mass is 28.4. The van der Waals surface area contributed by atoms with E-state index < -0.39 is 13.9 Å². The summed E-state index contributed by atoms with van der Waals surface area (Å²) in [5.41, 5.74) is 2.37. The van der Waals surface area contributed by atoms with Crippen LogP contribution in [0.1, 0.15) is 55.3 Å². The summed E-state index contributed by atoms with van der Waals surface area (Å²) in [4.78, 5) is 39.7. The molecule has 2 fully saturated rings. The van der Waals surface area contributed by atoms with E-state index in [1.165, 1.54) is 0 Å². The van der Waals surface area contributed by atoms with Crippen LogP contribution in [0.15, 0.2) is 54.7 Å². The van der Waals surface area contributed by atoms with Crippen LogP contribution in [0.4, 0.5) is 11.4 Å². The number of piperidine rings is 1. The van der Waals surface area contributed by atoms with Crippen LogP contribution in [-0.2, 0) is 26.5 Å². The number of ether oxygens (including phenoxy) is 1. The Morgan fingerprint density at radius 2 is 1.95 bits per heavy atom. The summed E-state index contributed by atoms with van der Waals surface area (Å²) in [5.74, 6) is -0.696. The average Bonchev–Trinajstić information content (AvgIpc) is 3.63. The van der Waals surface area contributed by atoms with Crippen LogP contribution in [0.3, 0.4) is 0 Å². The molecule has 222 valence electrons. The molecule has 2 saturated heterocycles. The summed E-state index contributed by atoms with van der Waals surface area (Å²) in [5, 5.41) is 21.7. The number of hydrogen-bond acceptors (Lipinski definition) is 7. The zero-order chi connectivity index (χ0) is 29.6. The van der Waals surface area contributed by atoms with E-state index in [-0.39, 0.29) is 41.9 Å². The molecule has 0 saturated carbocycles. The van der Waals surface area contributed by atoms with Crippen molar-refractivity contribution in [2.24, 2.45) is 5.92 Å². The number of aryl methyl sites for hydroxylation is 1. The molecule has 3 N–H and O–H groups in total. The molecule has 2 amide bonds. The molecule has 3 aliphatic heterocycles. The van der Waals surface area contributed by atoms with Crippen molar-refractivity contribution in [2.45, 2.75) is 75.4 Å². The largest absolute Gasteiger partial charge is 0.432 e. The number of carbonyl (C=O) groups is 2. The third-order valence-electron chi connectivity index (χ3n) is 9.30. The van der Waals surface area contributed by atoms with Gasteiger partial charge in [0.2, 0.25) is 5.91 Å². The number of carbonyl (C=O) groups excluding carboxylic acids is 2. The van der Waals surface area contributed by atoms with Crippen molar-refractivity contribution >= 4 is 31.5 Å². The van der Waals surface area contributed by atoms with Gasteiger partial charge in [-0.3, -0.25) is 14.3 Å². The molecular formula is C31H39N5O5Si. The zero-order valence-electron chi connectivity index (χ0n) is 24.4. The highest BCUT2D eigenvalue weighted by Gasteiger charge is 2.64. The molecule has 0 aliphatic carbocycles. The molecule has 1 unspecified atom stereocenters. The van der Waals surface area contributed by atoms with Crippen molar-refractivity contribution in [1.29, 1.82) is 0 Å². The third kappa shape index (κ3) is 4.87. The van der Waals surface area contributed by atoms with E-state index in [2.05, 4.69) is 15.6 Å². The van der Waals surface area contributed by atoms with Crippen LogP contribution in [-0.4, -0.2) is 64.3 Å². The van der Waals surface area contributed by atoms with Gasteiger partial charge in [-0.05, 0) is 56.1 Å². The van der Waals surface area contributed by atoms with Crippen LogP contribution in [0, 0.1) is 5.92 Å². The predicted octanol–water partition coefficient (Wildman–Crippen LogP) is 3.76. The van der Waals surface area contributed by atoms with E-state index in [9.17, 15) is 19.5 Å². The SMILES string of the molecule is C[C@@H]1[C@@H]([Si](C)(C)O)[C@H](CCn2cc(C(CO)c3ccccc3)nn2)O[C@@]12C(=O)Nc1ccc(N3CCCCC3=O)cc12. The minimum atomic E-state index is -2.80. The average molecular weight is 590 g/mol. The molecule has 0 bridgehead atoms. The van der Waals surface area contributed by atoms with Gasteiger partial charge in [0.25, 0.3) is 5.91 Å². The lowest BCUT2D eigenvalue weighted by Gasteiger charge is -2.32. The number of aromatic nitrogens is 3. The van der Waals surface area contributed by atoms with Crippen molar-refractivity contribution in [3.8, 4) is 0 Å². The number of benzene rings is 2. The van der Waals surface area contributed by atoms with E-state index in [1.54, 1.807) is 9.58 Å². The predicted molar refractivity (Wildman–Crippen MR) is 160 cm³/mol. The maximum atomic E-state index is 13.7. The molecule has 6 rings (SSSR count). The van der Waals surface area contributed by atoms with Gasteiger partial charge in [0.05, 0.1) is 24.3 Å². The molecule has 1 spiro atoms. The van der Waals surface area contributed by atoms with Crippen molar-refractivity contribution in [3.05, 3.63) is 71.5 Å². The molecule has 11 heteroatoms. The van der Waals surface area contributed by atoms with Crippen molar-refractivity contribution < 1.29 is 24.2 Å². The monoisotopic (exact) mass is 589 g/mol. The summed E-state index contributed by atoms with van der Waals surface area (Å²) in [6, 6.07) is 15.4. The van der Waals surface area contributed by atoms with Crippen molar-refractivity contribution in [1.82, 2.24) is 15.0 Å². The molecule has 5 atom stereocenters. The lowest BCUT2D eigenvalue weighted by molar-refractivity contribution is -0.143. The van der Waals surface area contributed by atoms with E-state index >= 15 is 0 Å². The standard InChI is InChI=1S/C31H39N5O5Si/c1-20-29(42(2,3)40)27(14-16-35-18-26(33-34-35)23(19-37)21-9-5-4-6-10-21)41-31(20)24-17-22(12-13-25(24)32-30(31)39)36-15-8-7-11-28(36)38/h4-6,9-10,12-13,17-18,20,23,27,29,37,40H,7-8,11,14-16,19H2,1-3H3,(H,32,39)/t20-,23?,27+,29-,31+/m1/s1. The molecule has 1 aromatic heterocycles. The fourth-order valence-electron chi connectivity index (χ4n) is 7.30. The van der Waals surface area contributed by atoms with Crippen LogP contribution >= 0.6 is 0 Å². The fourth-order valence-corrected chi connectivity index (χ4v) is 9.90. The van der Waals surface area contributed by atoms with E-state index in [0.29, 0.717) is 37.3 Å². The number of rotatable bonds is 8. The van der Waals surface area contributed by atoms with Gasteiger partial charge in [-0.25, -0.2) is 0 Å². The fraction of sp³-hybridized carbons (Fsp3) is 0.484. The smallest absolute Gasteiger partial charge is 0.261 e. The first-order valence-electron chi connectivity index (χ1n) is 14.9. The quantitative estimate of drug-likeness (QED) is 0.341. The topological polar surface area (TPSA) is 130 Å². The molecule has 42 heavy (non-hydrogen) atoms. The Hall–Kier alpha value is -3.38. The van der Waals surface area contributed by atoms with Gasteiger partial charge >= 0.3 is 0 Å². The number of aliphatic hydroxyl groups is 1. The highest BCUT2D eigenvalue weighted by molar-refractivity contribution is 6.71. The van der Waals surface area contributed by atoms with Crippen LogP contribution in [0.5, 0.6) is 0 Å². The van der Waals surface area contributed by atoms with Gasteiger partial charge in [-0.2, -0.15) is 0 Å². The number of nitrogens with one attached hydrogen (secondary N) is 1. The van der Waals surface area contributed by atoms with Gasteiger partial charge in [-0.15, -0.1) is 5.10 Å². The Kier molecular flexibility index (Phi) is 7.54. The third-order valence-corrected chi connectivity index (χ3v) is 11.8. The molecular weight excluding hydrogens is 550 g/mol. The summed E-state index contributed by atoms with van der Waals surface area (Å²) < 4.78 is 8.54. The van der Waals surface area contributed by atoms with Gasteiger partial charge < -0.3 is 24.9 Å². The first-order valence-corrected chi connectivity index (χ1v) is 17.9. The van der Waals surface area contributed by atoms with Gasteiger partial charge in [0, 0.05) is 54.1 Å². The summed E-state index contributed by atoms with van der Waals surface area (Å²) >= 11 is 0. The van der Waals surface area contributed by atoms with Crippen molar-refractivity contribution in [2.75, 3.05) is 23.4 Å². The van der Waals surface area contributed by atoms with Crippen LogP contribution < -0.4 is 10.2 Å². The Bertz CT molecular complexity index is 1470. The Morgan fingerprint density at radius 3 is 2.67 bits per heavy atom. The molecule has 4 heterocycles. The van der Waals surface area contributed by atoms with Gasteiger partial charge in [0.1, 0.15) is 0 Å². The molecule has 0 radical (unpaired) electrons. The second-order valence-electron chi connectivity index (χ2n) is 12.4. The second-order valence-corrected chi connectivity index (χ2v) is 16.4. The van der Waals surface area contributed by atoms with Gasteiger partial charge in [-0.1, -0.05) is 42.5 Å². The van der Waals surface area contributed by atoms with E-state index in [1.807, 2.05) is 74.7 Å². The summed E-state index contributed by atoms with van der Waals surface area (Å²) in [6.45, 7) is 6.86. The van der Waals surface area contributed by atoms with E-state index in [4.69, 9.17) is 4.74 Å². The Balaban J connectivity index is 1.27. The molecule has 2 aromatic carbocycles. The highest BCUT2D eigenvalue weighted by Crippen LogP contribution is 2.58.